The number of carbonyl (C=O) groups is 1. The second-order valence-corrected chi connectivity index (χ2v) is 3.37. The van der Waals surface area contributed by atoms with E-state index in [1.165, 1.54) is 7.05 Å². The largest absolute Gasteiger partial charge is 0.340 e. The van der Waals surface area contributed by atoms with Gasteiger partial charge in [0.05, 0.1) is 10.9 Å². The lowest BCUT2D eigenvalue weighted by Gasteiger charge is -2.08. The van der Waals surface area contributed by atoms with Gasteiger partial charge in [-0.25, -0.2) is 14.3 Å². The van der Waals surface area contributed by atoms with Gasteiger partial charge in [0.25, 0.3) is 5.56 Å². The fraction of sp³-hybridized carbons (Fsp3) is 0.182. The molecule has 1 N–H and O–H groups in total. The highest BCUT2D eigenvalue weighted by Gasteiger charge is 2.12. The molecule has 1 aromatic carbocycles. The molecule has 2 rings (SSSR count). The Balaban J connectivity index is 2.86. The summed E-state index contributed by atoms with van der Waals surface area (Å²) in [6.45, 7) is 1.63. The third kappa shape index (κ3) is 1.46. The first-order chi connectivity index (χ1) is 7.65. The number of carbonyl (C=O) groups excluding carboxylic acids is 1. The van der Waals surface area contributed by atoms with E-state index in [0.29, 0.717) is 16.7 Å². The molecule has 2 aromatic rings. The van der Waals surface area contributed by atoms with Crippen LogP contribution in [0.4, 0.5) is 4.79 Å². The molecule has 0 spiro atoms. The van der Waals surface area contributed by atoms with Crippen LogP contribution in [0.2, 0.25) is 0 Å². The Labute approximate surface area is 91.7 Å². The minimum Gasteiger partial charge on any atom is -0.340 e. The van der Waals surface area contributed by atoms with Gasteiger partial charge in [0.1, 0.15) is 5.82 Å². The Morgan fingerprint density at radius 3 is 2.75 bits per heavy atom. The van der Waals surface area contributed by atoms with E-state index in [-0.39, 0.29) is 5.56 Å². The van der Waals surface area contributed by atoms with Crippen molar-refractivity contribution >= 4 is 16.9 Å². The van der Waals surface area contributed by atoms with Crippen LogP contribution in [0.5, 0.6) is 0 Å². The Bertz CT molecular complexity index is 616. The molecule has 5 heteroatoms. The lowest BCUT2D eigenvalue weighted by molar-refractivity contribution is 0.243. The summed E-state index contributed by atoms with van der Waals surface area (Å²) in [6, 6.07) is 6.48. The number of rotatable bonds is 0. The lowest BCUT2D eigenvalue weighted by atomic mass is 10.2. The molecule has 1 amide bonds. The summed E-state index contributed by atoms with van der Waals surface area (Å²) in [7, 11) is 1.48. The quantitative estimate of drug-likeness (QED) is 0.712. The van der Waals surface area contributed by atoms with Crippen LogP contribution in [0.1, 0.15) is 5.82 Å². The van der Waals surface area contributed by atoms with Crippen molar-refractivity contribution in [2.24, 2.45) is 0 Å². The Morgan fingerprint density at radius 1 is 1.38 bits per heavy atom. The van der Waals surface area contributed by atoms with Gasteiger partial charge in [-0.2, -0.15) is 0 Å². The van der Waals surface area contributed by atoms with E-state index in [1.807, 2.05) is 0 Å². The van der Waals surface area contributed by atoms with Gasteiger partial charge in [-0.3, -0.25) is 4.79 Å². The summed E-state index contributed by atoms with van der Waals surface area (Å²) in [5, 5.41) is 2.85. The molecule has 0 aliphatic carbocycles. The van der Waals surface area contributed by atoms with Crippen LogP contribution >= 0.6 is 0 Å². The zero-order valence-electron chi connectivity index (χ0n) is 9.02. The van der Waals surface area contributed by atoms with Crippen molar-refractivity contribution in [1.29, 1.82) is 0 Å². The summed E-state index contributed by atoms with van der Waals surface area (Å²) >= 11 is 0. The average molecular weight is 217 g/mol. The first kappa shape index (κ1) is 10.4. The molecule has 5 nitrogen and oxygen atoms in total. The molecule has 0 bridgehead atoms. The number of fused-ring (bicyclic) bond motifs is 1. The molecule has 0 aliphatic rings. The topological polar surface area (TPSA) is 64.0 Å². The van der Waals surface area contributed by atoms with E-state index >= 15 is 0 Å². The molecule has 1 heterocycles. The van der Waals surface area contributed by atoms with Gasteiger partial charge in [-0.05, 0) is 19.1 Å². The summed E-state index contributed by atoms with van der Waals surface area (Å²) in [4.78, 5) is 27.7. The van der Waals surface area contributed by atoms with Crippen molar-refractivity contribution in [2.75, 3.05) is 7.05 Å². The Kier molecular flexibility index (Phi) is 2.44. The van der Waals surface area contributed by atoms with Gasteiger partial charge < -0.3 is 5.32 Å². The molecule has 0 saturated carbocycles. The third-order valence-electron chi connectivity index (χ3n) is 2.36. The Morgan fingerprint density at radius 2 is 2.06 bits per heavy atom. The van der Waals surface area contributed by atoms with Crippen LogP contribution < -0.4 is 10.9 Å². The van der Waals surface area contributed by atoms with Crippen LogP contribution in [0, 0.1) is 6.92 Å². The highest BCUT2D eigenvalue weighted by molar-refractivity contribution is 5.83. The minimum absolute atomic E-state index is 0.345. The molecule has 0 aliphatic heterocycles. The van der Waals surface area contributed by atoms with Crippen LogP contribution in [0.15, 0.2) is 29.1 Å². The predicted molar refractivity (Wildman–Crippen MR) is 60.6 cm³/mol. The van der Waals surface area contributed by atoms with Crippen LogP contribution in [-0.4, -0.2) is 22.6 Å². The fourth-order valence-electron chi connectivity index (χ4n) is 1.59. The van der Waals surface area contributed by atoms with Crippen LogP contribution in [-0.2, 0) is 0 Å². The number of hydrogen-bond acceptors (Lipinski definition) is 3. The number of hydrogen-bond donors (Lipinski definition) is 1. The standard InChI is InChI=1S/C11H11N3O2/c1-7-13-9-6-4-3-5-8(9)10(15)14(7)11(16)12-2/h3-6H,1-2H3,(H,12,16). The maximum atomic E-state index is 12.0. The number of benzene rings is 1. The normalized spacial score (nSPS) is 10.4. The molecule has 0 atom stereocenters. The smallest absolute Gasteiger partial charge is 0.329 e. The summed E-state index contributed by atoms with van der Waals surface area (Å²) < 4.78 is 1.03. The van der Waals surface area contributed by atoms with Gasteiger partial charge >= 0.3 is 6.03 Å². The molecular weight excluding hydrogens is 206 g/mol. The second-order valence-electron chi connectivity index (χ2n) is 3.37. The maximum Gasteiger partial charge on any atom is 0.329 e. The highest BCUT2D eigenvalue weighted by Crippen LogP contribution is 2.06. The number of para-hydroxylation sites is 1. The predicted octanol–water partition coefficient (Wildman–Crippen LogP) is 0.892. The molecule has 1 aromatic heterocycles. The van der Waals surface area contributed by atoms with E-state index in [9.17, 15) is 9.59 Å². The van der Waals surface area contributed by atoms with Crippen molar-refractivity contribution in [3.05, 3.63) is 40.4 Å². The second kappa shape index (κ2) is 3.77. The van der Waals surface area contributed by atoms with Crippen LogP contribution in [0.25, 0.3) is 10.9 Å². The monoisotopic (exact) mass is 217 g/mol. The molecule has 0 saturated heterocycles. The molecule has 0 fully saturated rings. The zero-order valence-corrected chi connectivity index (χ0v) is 9.02. The van der Waals surface area contributed by atoms with Gasteiger partial charge in [0.2, 0.25) is 0 Å². The highest BCUT2D eigenvalue weighted by atomic mass is 16.2. The fourth-order valence-corrected chi connectivity index (χ4v) is 1.59. The van der Waals surface area contributed by atoms with Gasteiger partial charge in [0.15, 0.2) is 0 Å². The number of nitrogens with one attached hydrogen (secondary N) is 1. The van der Waals surface area contributed by atoms with E-state index < -0.39 is 6.03 Å². The molecule has 82 valence electrons. The van der Waals surface area contributed by atoms with Crippen molar-refractivity contribution < 1.29 is 4.79 Å². The number of nitrogens with zero attached hydrogens (tertiary/aromatic N) is 2. The average Bonchev–Trinajstić information content (AvgIpc) is 2.28. The summed E-state index contributed by atoms with van der Waals surface area (Å²) in [6.07, 6.45) is 0. The van der Waals surface area contributed by atoms with Crippen molar-refractivity contribution in [2.45, 2.75) is 6.92 Å². The van der Waals surface area contributed by atoms with Gasteiger partial charge in [0, 0.05) is 7.05 Å². The minimum atomic E-state index is -0.472. The maximum absolute atomic E-state index is 12.0. The summed E-state index contributed by atoms with van der Waals surface area (Å²) in [5.74, 6) is 0.378. The molecule has 0 radical (unpaired) electrons. The van der Waals surface area contributed by atoms with E-state index in [4.69, 9.17) is 0 Å². The Hall–Kier alpha value is -2.17. The number of amides is 1. The first-order valence-corrected chi connectivity index (χ1v) is 4.85. The SMILES string of the molecule is CNC(=O)n1c(C)nc2ccccc2c1=O. The third-order valence-corrected chi connectivity index (χ3v) is 2.36. The van der Waals surface area contributed by atoms with E-state index in [1.54, 1.807) is 31.2 Å². The van der Waals surface area contributed by atoms with Gasteiger partial charge in [-0.1, -0.05) is 12.1 Å². The zero-order chi connectivity index (χ0) is 11.7. The van der Waals surface area contributed by atoms with Crippen molar-refractivity contribution in [3.63, 3.8) is 0 Å². The van der Waals surface area contributed by atoms with Crippen molar-refractivity contribution in [1.82, 2.24) is 14.9 Å². The van der Waals surface area contributed by atoms with Crippen LogP contribution in [0.3, 0.4) is 0 Å². The lowest BCUT2D eigenvalue weighted by Crippen LogP contribution is -2.36. The first-order valence-electron chi connectivity index (χ1n) is 4.85. The van der Waals surface area contributed by atoms with E-state index in [2.05, 4.69) is 10.3 Å². The van der Waals surface area contributed by atoms with E-state index in [0.717, 1.165) is 4.57 Å². The number of aromatic nitrogens is 2. The van der Waals surface area contributed by atoms with Crippen molar-refractivity contribution in [3.8, 4) is 0 Å². The molecular formula is C11H11N3O2. The summed E-state index contributed by atoms with van der Waals surface area (Å²) in [5.41, 5.74) is 0.257. The molecule has 16 heavy (non-hydrogen) atoms. The number of aryl methyl sites for hydroxylation is 1. The molecule has 0 unspecified atom stereocenters. The van der Waals surface area contributed by atoms with Gasteiger partial charge in [-0.15, -0.1) is 0 Å².